The van der Waals surface area contributed by atoms with Gasteiger partial charge >= 0.3 is 0 Å². The van der Waals surface area contributed by atoms with E-state index in [-0.39, 0.29) is 0 Å². The molecule has 2 rings (SSSR count). The minimum absolute atomic E-state index is 0.614. The van der Waals surface area contributed by atoms with Crippen LogP contribution in [0, 0.1) is 0 Å². The fraction of sp³-hybridized carbons (Fsp3) is 0.538. The van der Waals surface area contributed by atoms with Gasteiger partial charge in [0.05, 0.1) is 5.02 Å². The van der Waals surface area contributed by atoms with Crippen LogP contribution in [-0.2, 0) is 0 Å². The van der Waals surface area contributed by atoms with Crippen LogP contribution < -0.4 is 10.2 Å². The van der Waals surface area contributed by atoms with E-state index in [2.05, 4.69) is 45.2 Å². The van der Waals surface area contributed by atoms with Crippen LogP contribution in [0.5, 0.6) is 0 Å². The summed E-state index contributed by atoms with van der Waals surface area (Å²) in [6.45, 7) is 5.43. The number of piperidine rings is 1. The first-order valence-corrected chi connectivity index (χ1v) is 7.31. The molecular formula is C13H18BrClN2. The van der Waals surface area contributed by atoms with Gasteiger partial charge in [-0.15, -0.1) is 0 Å². The number of hydrogen-bond donors (Lipinski definition) is 1. The Morgan fingerprint density at radius 1 is 1.53 bits per heavy atom. The predicted molar refractivity (Wildman–Crippen MR) is 78.1 cm³/mol. The minimum atomic E-state index is 0.614. The molecule has 4 heteroatoms. The predicted octanol–water partition coefficient (Wildman–Crippen LogP) is 3.68. The van der Waals surface area contributed by atoms with Crippen molar-refractivity contribution < 1.29 is 0 Å². The highest BCUT2D eigenvalue weighted by molar-refractivity contribution is 9.10. The molecule has 1 heterocycles. The third-order valence-corrected chi connectivity index (χ3v) is 4.40. The van der Waals surface area contributed by atoms with Crippen LogP contribution in [0.4, 0.5) is 5.69 Å². The van der Waals surface area contributed by atoms with Crippen LogP contribution >= 0.6 is 27.5 Å². The summed E-state index contributed by atoms with van der Waals surface area (Å²) in [7, 11) is 0. The van der Waals surface area contributed by atoms with Crippen LogP contribution in [0.15, 0.2) is 22.7 Å². The van der Waals surface area contributed by atoms with E-state index in [9.17, 15) is 0 Å². The molecule has 1 atom stereocenters. The number of hydrogen-bond acceptors (Lipinski definition) is 2. The van der Waals surface area contributed by atoms with Crippen molar-refractivity contribution in [2.24, 2.45) is 0 Å². The van der Waals surface area contributed by atoms with E-state index in [1.54, 1.807) is 0 Å². The molecule has 94 valence electrons. The molecule has 0 radical (unpaired) electrons. The van der Waals surface area contributed by atoms with Crippen molar-refractivity contribution in [2.45, 2.75) is 25.8 Å². The average molecular weight is 318 g/mol. The Morgan fingerprint density at radius 3 is 3.06 bits per heavy atom. The zero-order chi connectivity index (χ0) is 12.3. The van der Waals surface area contributed by atoms with Crippen molar-refractivity contribution in [1.82, 2.24) is 5.32 Å². The normalized spacial score (nSPS) is 20.6. The highest BCUT2D eigenvalue weighted by atomic mass is 79.9. The summed E-state index contributed by atoms with van der Waals surface area (Å²) in [5.41, 5.74) is 1.25. The molecular weight excluding hydrogens is 300 g/mol. The Kier molecular flexibility index (Phi) is 4.71. The third kappa shape index (κ3) is 3.36. The van der Waals surface area contributed by atoms with Crippen LogP contribution in [0.3, 0.4) is 0 Å². The van der Waals surface area contributed by atoms with Crippen molar-refractivity contribution >= 4 is 33.2 Å². The van der Waals surface area contributed by atoms with Gasteiger partial charge in [0.15, 0.2) is 0 Å². The van der Waals surface area contributed by atoms with Crippen LogP contribution in [-0.4, -0.2) is 25.7 Å². The van der Waals surface area contributed by atoms with Crippen molar-refractivity contribution in [1.29, 1.82) is 0 Å². The monoisotopic (exact) mass is 316 g/mol. The van der Waals surface area contributed by atoms with Crippen LogP contribution in [0.25, 0.3) is 0 Å². The van der Waals surface area contributed by atoms with E-state index in [1.807, 2.05) is 6.07 Å². The molecule has 0 bridgehead atoms. The van der Waals surface area contributed by atoms with E-state index in [1.165, 1.54) is 18.5 Å². The summed E-state index contributed by atoms with van der Waals surface area (Å²) < 4.78 is 0.974. The fourth-order valence-corrected chi connectivity index (χ4v) is 2.83. The SMILES string of the molecule is CCNC1CCCN(c2ccc(Cl)c(Br)c2)C1. The molecule has 17 heavy (non-hydrogen) atoms. The van der Waals surface area contributed by atoms with Gasteiger partial charge in [0.25, 0.3) is 0 Å². The maximum Gasteiger partial charge on any atom is 0.0549 e. The first-order valence-electron chi connectivity index (χ1n) is 6.14. The second-order valence-electron chi connectivity index (χ2n) is 4.44. The summed E-state index contributed by atoms with van der Waals surface area (Å²) in [6.07, 6.45) is 2.52. The van der Waals surface area contributed by atoms with Crippen molar-refractivity contribution in [2.75, 3.05) is 24.5 Å². The van der Waals surface area contributed by atoms with Gasteiger partial charge in [0, 0.05) is 29.3 Å². The maximum atomic E-state index is 6.02. The van der Waals surface area contributed by atoms with Gasteiger partial charge in [-0.05, 0) is 53.5 Å². The average Bonchev–Trinajstić information content (AvgIpc) is 2.33. The molecule has 1 aliphatic rings. The van der Waals surface area contributed by atoms with Crippen molar-refractivity contribution in [3.05, 3.63) is 27.7 Å². The van der Waals surface area contributed by atoms with Gasteiger partial charge in [-0.25, -0.2) is 0 Å². The summed E-state index contributed by atoms with van der Waals surface area (Å²) in [4.78, 5) is 2.43. The second kappa shape index (κ2) is 6.07. The number of nitrogens with one attached hydrogen (secondary N) is 1. The standard InChI is InChI=1S/C13H18BrClN2/c1-2-16-10-4-3-7-17(9-10)11-5-6-13(15)12(14)8-11/h5-6,8,10,16H,2-4,7,9H2,1H3. The first kappa shape index (κ1) is 13.2. The number of rotatable bonds is 3. The Hall–Kier alpha value is -0.250. The number of halogens is 2. The van der Waals surface area contributed by atoms with E-state index in [4.69, 9.17) is 11.6 Å². The third-order valence-electron chi connectivity index (χ3n) is 3.18. The topological polar surface area (TPSA) is 15.3 Å². The molecule has 2 nitrogen and oxygen atoms in total. The molecule has 1 saturated heterocycles. The molecule has 0 saturated carbocycles. The molecule has 1 unspecified atom stereocenters. The highest BCUT2D eigenvalue weighted by Crippen LogP contribution is 2.29. The summed E-state index contributed by atoms with van der Waals surface area (Å²) in [5, 5.41) is 4.30. The van der Waals surface area contributed by atoms with Gasteiger partial charge < -0.3 is 10.2 Å². The Morgan fingerprint density at radius 2 is 2.35 bits per heavy atom. The summed E-state index contributed by atoms with van der Waals surface area (Å²) >= 11 is 9.50. The van der Waals surface area contributed by atoms with Gasteiger partial charge in [-0.3, -0.25) is 0 Å². The van der Waals surface area contributed by atoms with Crippen molar-refractivity contribution in [3.8, 4) is 0 Å². The zero-order valence-corrected chi connectivity index (χ0v) is 12.4. The molecule has 0 aliphatic carbocycles. The van der Waals surface area contributed by atoms with E-state index in [0.717, 1.165) is 29.1 Å². The zero-order valence-electron chi connectivity index (χ0n) is 10.0. The number of nitrogens with zero attached hydrogens (tertiary/aromatic N) is 1. The van der Waals surface area contributed by atoms with Crippen LogP contribution in [0.1, 0.15) is 19.8 Å². The minimum Gasteiger partial charge on any atom is -0.370 e. The number of likely N-dealkylation sites (N-methyl/N-ethyl adjacent to an activating group) is 1. The molecule has 0 spiro atoms. The lowest BCUT2D eigenvalue weighted by molar-refractivity contribution is 0.431. The molecule has 1 N–H and O–H groups in total. The second-order valence-corrected chi connectivity index (χ2v) is 5.70. The van der Waals surface area contributed by atoms with E-state index in [0.29, 0.717) is 6.04 Å². The number of benzene rings is 1. The molecule has 1 aromatic rings. The quantitative estimate of drug-likeness (QED) is 0.915. The Balaban J connectivity index is 2.08. The highest BCUT2D eigenvalue weighted by Gasteiger charge is 2.19. The Bertz CT molecular complexity index is 382. The first-order chi connectivity index (χ1) is 8.20. The van der Waals surface area contributed by atoms with Gasteiger partial charge in [-0.1, -0.05) is 18.5 Å². The largest absolute Gasteiger partial charge is 0.370 e. The van der Waals surface area contributed by atoms with E-state index >= 15 is 0 Å². The molecule has 1 aromatic carbocycles. The molecule has 1 aliphatic heterocycles. The fourth-order valence-electron chi connectivity index (χ4n) is 2.35. The maximum absolute atomic E-state index is 6.02. The summed E-state index contributed by atoms with van der Waals surface area (Å²) in [5.74, 6) is 0. The Labute approximate surface area is 116 Å². The molecule has 0 amide bonds. The van der Waals surface area contributed by atoms with Gasteiger partial charge in [0.2, 0.25) is 0 Å². The van der Waals surface area contributed by atoms with Crippen molar-refractivity contribution in [3.63, 3.8) is 0 Å². The lowest BCUT2D eigenvalue weighted by Gasteiger charge is -2.35. The molecule has 0 aromatic heterocycles. The number of anilines is 1. The van der Waals surface area contributed by atoms with E-state index < -0.39 is 0 Å². The van der Waals surface area contributed by atoms with Gasteiger partial charge in [-0.2, -0.15) is 0 Å². The lowest BCUT2D eigenvalue weighted by Crippen LogP contribution is -2.45. The molecule has 1 fully saturated rings. The summed E-state index contributed by atoms with van der Waals surface area (Å²) in [6, 6.07) is 6.78. The lowest BCUT2D eigenvalue weighted by atomic mass is 10.0. The van der Waals surface area contributed by atoms with Gasteiger partial charge in [0.1, 0.15) is 0 Å². The van der Waals surface area contributed by atoms with Crippen LogP contribution in [0.2, 0.25) is 5.02 Å². The smallest absolute Gasteiger partial charge is 0.0549 e.